The van der Waals surface area contributed by atoms with E-state index in [1.165, 1.54) is 116 Å². The van der Waals surface area contributed by atoms with Crippen molar-refractivity contribution in [1.29, 1.82) is 0 Å². The molecule has 1 nitrogen and oxygen atoms in total. The molecule has 0 spiro atoms. The minimum atomic E-state index is -0.0753. The molecule has 0 aliphatic carbocycles. The van der Waals surface area contributed by atoms with Crippen molar-refractivity contribution in [3.05, 3.63) is 0 Å². The first-order chi connectivity index (χ1) is 12.7. The summed E-state index contributed by atoms with van der Waals surface area (Å²) in [7, 11) is 0. The average Bonchev–Trinajstić information content (AvgIpc) is 2.65. The van der Waals surface area contributed by atoms with Crippen molar-refractivity contribution in [3.63, 3.8) is 0 Å². The van der Waals surface area contributed by atoms with E-state index in [4.69, 9.17) is 0 Å². The number of hydrogen-bond donors (Lipinski definition) is 1. The van der Waals surface area contributed by atoms with Gasteiger partial charge in [-0.3, -0.25) is 0 Å². The zero-order valence-corrected chi connectivity index (χ0v) is 19.0. The number of aliphatic hydroxyl groups is 1. The summed E-state index contributed by atoms with van der Waals surface area (Å²) in [5, 5.41) is 11.1. The minimum absolute atomic E-state index is 0.0753. The summed E-state index contributed by atoms with van der Waals surface area (Å²) >= 11 is 0. The Labute approximate surface area is 166 Å². The zero-order chi connectivity index (χ0) is 19.5. The van der Waals surface area contributed by atoms with Crippen LogP contribution in [0.4, 0.5) is 0 Å². The molecular formula is C25H52O. The Bertz CT molecular complexity index is 257. The number of rotatable bonds is 20. The van der Waals surface area contributed by atoms with E-state index in [0.29, 0.717) is 0 Å². The van der Waals surface area contributed by atoms with Gasteiger partial charge in [0.1, 0.15) is 0 Å². The van der Waals surface area contributed by atoms with Gasteiger partial charge >= 0.3 is 0 Å². The van der Waals surface area contributed by atoms with Crippen molar-refractivity contribution in [2.75, 3.05) is 0 Å². The fourth-order valence-electron chi connectivity index (χ4n) is 4.59. The van der Waals surface area contributed by atoms with E-state index < -0.39 is 0 Å². The maximum atomic E-state index is 11.1. The highest BCUT2D eigenvalue weighted by atomic mass is 16.3. The molecule has 158 valence electrons. The second-order valence-corrected chi connectivity index (χ2v) is 8.81. The zero-order valence-electron chi connectivity index (χ0n) is 19.0. The lowest BCUT2D eigenvalue weighted by atomic mass is 9.69. The van der Waals surface area contributed by atoms with E-state index in [0.717, 1.165) is 6.42 Å². The predicted molar refractivity (Wildman–Crippen MR) is 119 cm³/mol. The lowest BCUT2D eigenvalue weighted by Gasteiger charge is -2.39. The van der Waals surface area contributed by atoms with Crippen molar-refractivity contribution in [2.24, 2.45) is 5.41 Å². The number of hydrogen-bond acceptors (Lipinski definition) is 1. The second-order valence-electron chi connectivity index (χ2n) is 8.81. The summed E-state index contributed by atoms with van der Waals surface area (Å²) in [6, 6.07) is 0. The highest BCUT2D eigenvalue weighted by molar-refractivity contribution is 4.86. The highest BCUT2D eigenvalue weighted by Crippen LogP contribution is 2.41. The monoisotopic (exact) mass is 368 g/mol. The molecule has 0 aliphatic rings. The van der Waals surface area contributed by atoms with Gasteiger partial charge in [0, 0.05) is 0 Å². The average molecular weight is 369 g/mol. The molecule has 0 fully saturated rings. The molecule has 0 saturated carbocycles. The first-order valence-electron chi connectivity index (χ1n) is 12.3. The van der Waals surface area contributed by atoms with Crippen LogP contribution in [0.25, 0.3) is 0 Å². The van der Waals surface area contributed by atoms with Gasteiger partial charge in [0.25, 0.3) is 0 Å². The molecular weight excluding hydrogens is 316 g/mol. The summed E-state index contributed by atoms with van der Waals surface area (Å²) < 4.78 is 0. The molecule has 0 saturated heterocycles. The molecule has 0 amide bonds. The van der Waals surface area contributed by atoms with Crippen molar-refractivity contribution in [1.82, 2.24) is 0 Å². The summed E-state index contributed by atoms with van der Waals surface area (Å²) in [4.78, 5) is 0. The van der Waals surface area contributed by atoms with Gasteiger partial charge in [-0.25, -0.2) is 0 Å². The molecule has 26 heavy (non-hydrogen) atoms. The Morgan fingerprint density at radius 3 is 1.35 bits per heavy atom. The van der Waals surface area contributed by atoms with Gasteiger partial charge in [0.05, 0.1) is 6.10 Å². The lowest BCUT2D eigenvalue weighted by molar-refractivity contribution is -0.00742. The normalized spacial score (nSPS) is 13.3. The molecule has 0 aromatic carbocycles. The molecule has 1 unspecified atom stereocenters. The van der Waals surface area contributed by atoms with Gasteiger partial charge in [0.15, 0.2) is 0 Å². The van der Waals surface area contributed by atoms with Crippen LogP contribution in [0.5, 0.6) is 0 Å². The van der Waals surface area contributed by atoms with Crippen LogP contribution in [0.1, 0.15) is 150 Å². The molecule has 0 bridgehead atoms. The summed E-state index contributed by atoms with van der Waals surface area (Å²) in [5.74, 6) is 0. The second kappa shape index (κ2) is 18.3. The molecule has 0 rings (SSSR count). The molecule has 0 radical (unpaired) electrons. The minimum Gasteiger partial charge on any atom is -0.393 e. The summed E-state index contributed by atoms with van der Waals surface area (Å²) in [6.45, 7) is 9.13. The molecule has 0 heterocycles. The summed E-state index contributed by atoms with van der Waals surface area (Å²) in [6.07, 6.45) is 24.6. The van der Waals surface area contributed by atoms with Crippen LogP contribution in [0.3, 0.4) is 0 Å². The molecule has 1 N–H and O–H groups in total. The van der Waals surface area contributed by atoms with Crippen LogP contribution < -0.4 is 0 Å². The maximum Gasteiger partial charge on any atom is 0.0596 e. The largest absolute Gasteiger partial charge is 0.393 e. The van der Waals surface area contributed by atoms with Gasteiger partial charge in [0.2, 0.25) is 0 Å². The molecule has 0 aromatic rings. The van der Waals surface area contributed by atoms with E-state index in [2.05, 4.69) is 27.7 Å². The maximum absolute atomic E-state index is 11.1. The Hall–Kier alpha value is -0.0400. The third-order valence-electron chi connectivity index (χ3n) is 6.34. The van der Waals surface area contributed by atoms with Crippen LogP contribution in [0.2, 0.25) is 0 Å². The van der Waals surface area contributed by atoms with E-state index in [-0.39, 0.29) is 11.5 Å². The van der Waals surface area contributed by atoms with Crippen molar-refractivity contribution >= 4 is 0 Å². The Morgan fingerprint density at radius 1 is 0.500 bits per heavy atom. The first-order valence-corrected chi connectivity index (χ1v) is 12.3. The lowest BCUT2D eigenvalue weighted by Crippen LogP contribution is -2.35. The van der Waals surface area contributed by atoms with Crippen LogP contribution in [0.15, 0.2) is 0 Å². The fourth-order valence-corrected chi connectivity index (χ4v) is 4.59. The van der Waals surface area contributed by atoms with Crippen molar-refractivity contribution < 1.29 is 5.11 Å². The van der Waals surface area contributed by atoms with Gasteiger partial charge in [-0.1, -0.05) is 124 Å². The van der Waals surface area contributed by atoms with Gasteiger partial charge in [-0.2, -0.15) is 0 Å². The van der Waals surface area contributed by atoms with Crippen molar-refractivity contribution in [2.45, 2.75) is 156 Å². The fraction of sp³-hybridized carbons (Fsp3) is 1.00. The summed E-state index contributed by atoms with van der Waals surface area (Å²) in [5.41, 5.74) is 0.208. The molecule has 0 aliphatic heterocycles. The first kappa shape index (κ1) is 26.0. The van der Waals surface area contributed by atoms with Gasteiger partial charge in [-0.15, -0.1) is 0 Å². The molecule has 1 heteroatoms. The quantitative estimate of drug-likeness (QED) is 0.213. The Kier molecular flexibility index (Phi) is 18.3. The van der Waals surface area contributed by atoms with E-state index in [1.807, 2.05) is 0 Å². The predicted octanol–water partition coefficient (Wildman–Crippen LogP) is 8.83. The van der Waals surface area contributed by atoms with E-state index >= 15 is 0 Å². The standard InChI is InChI=1S/C25H52O/c1-5-9-12-14-16-18-22-25(21-8-4,24(26)20-11-7-3)23-19-17-15-13-10-6-2/h24,26H,5-23H2,1-4H3. The van der Waals surface area contributed by atoms with Gasteiger partial charge < -0.3 is 5.11 Å². The number of aliphatic hydroxyl groups excluding tert-OH is 1. The topological polar surface area (TPSA) is 20.2 Å². The van der Waals surface area contributed by atoms with Crippen LogP contribution in [-0.2, 0) is 0 Å². The third-order valence-corrected chi connectivity index (χ3v) is 6.34. The Balaban J connectivity index is 4.56. The Morgan fingerprint density at radius 2 is 0.923 bits per heavy atom. The van der Waals surface area contributed by atoms with E-state index in [9.17, 15) is 5.11 Å². The van der Waals surface area contributed by atoms with Crippen LogP contribution in [-0.4, -0.2) is 11.2 Å². The third kappa shape index (κ3) is 12.4. The number of unbranched alkanes of at least 4 members (excludes halogenated alkanes) is 11. The van der Waals surface area contributed by atoms with E-state index in [1.54, 1.807) is 0 Å². The van der Waals surface area contributed by atoms with Crippen LogP contribution >= 0.6 is 0 Å². The van der Waals surface area contributed by atoms with Crippen LogP contribution in [0, 0.1) is 5.41 Å². The molecule has 0 aromatic heterocycles. The molecule has 1 atom stereocenters. The smallest absolute Gasteiger partial charge is 0.0596 e. The van der Waals surface area contributed by atoms with Crippen molar-refractivity contribution in [3.8, 4) is 0 Å². The van der Waals surface area contributed by atoms with Gasteiger partial charge in [-0.05, 0) is 31.1 Å². The SMILES string of the molecule is CCCCCCCCC(CCC)(CCCCCCCC)C(O)CCCC. The highest BCUT2D eigenvalue weighted by Gasteiger charge is 2.35.